The quantitative estimate of drug-likeness (QED) is 0.318. The van der Waals surface area contributed by atoms with Crippen LogP contribution in [-0.2, 0) is 38.1 Å². The summed E-state index contributed by atoms with van der Waals surface area (Å²) < 4.78 is 28.6. The van der Waals surface area contributed by atoms with Crippen molar-refractivity contribution in [3.63, 3.8) is 0 Å². The Hall–Kier alpha value is -1.93. The molecule has 34 heavy (non-hydrogen) atoms. The Morgan fingerprint density at radius 1 is 0.971 bits per heavy atom. The van der Waals surface area contributed by atoms with E-state index in [-0.39, 0.29) is 17.9 Å². The third-order valence-electron chi connectivity index (χ3n) is 7.60. The topological polar surface area (TPSA) is 97.4 Å². The average molecular weight is 481 g/mol. The van der Waals surface area contributed by atoms with Gasteiger partial charge in [0, 0.05) is 26.7 Å². The second kappa shape index (κ2) is 10.4. The van der Waals surface area contributed by atoms with Crippen molar-refractivity contribution in [3.05, 3.63) is 11.6 Å². The SMILES string of the molecule is CC(=O)OC1COC(OC(C)(C)C2C=C3C(C)CCCC3(C)CC2)C(OC(C)=O)C1OC(C)=O. The Kier molecular flexibility index (Phi) is 8.13. The summed E-state index contributed by atoms with van der Waals surface area (Å²) in [5.41, 5.74) is 1.13. The molecule has 0 aromatic carbocycles. The van der Waals surface area contributed by atoms with Crippen LogP contribution in [0.5, 0.6) is 0 Å². The minimum atomic E-state index is -1.08. The van der Waals surface area contributed by atoms with Crippen molar-refractivity contribution in [2.75, 3.05) is 6.61 Å². The molecular weight excluding hydrogens is 440 g/mol. The third-order valence-corrected chi connectivity index (χ3v) is 7.60. The molecule has 0 N–H and O–H groups in total. The van der Waals surface area contributed by atoms with Crippen LogP contribution in [-0.4, -0.2) is 54.7 Å². The zero-order valence-electron chi connectivity index (χ0n) is 21.6. The van der Waals surface area contributed by atoms with Crippen LogP contribution < -0.4 is 0 Å². The standard InChI is InChI=1S/C26H40O8/c1-15-9-8-11-26(7)12-10-19(13-20(15)26)25(5,6)34-24-23(33-18(4)29)22(32-17(3)28)21(14-30-24)31-16(2)27/h13,15,19,21-24H,8-12,14H2,1-7H3. The molecule has 1 heterocycles. The van der Waals surface area contributed by atoms with E-state index in [1.54, 1.807) is 0 Å². The predicted octanol–water partition coefficient (Wildman–Crippen LogP) is 4.10. The van der Waals surface area contributed by atoms with Crippen LogP contribution >= 0.6 is 0 Å². The number of fused-ring (bicyclic) bond motifs is 1. The number of hydrogen-bond acceptors (Lipinski definition) is 8. The predicted molar refractivity (Wildman–Crippen MR) is 123 cm³/mol. The number of hydrogen-bond donors (Lipinski definition) is 0. The maximum Gasteiger partial charge on any atom is 0.303 e. The molecule has 3 aliphatic rings. The Labute approximate surface area is 202 Å². The van der Waals surface area contributed by atoms with E-state index in [2.05, 4.69) is 19.9 Å². The first-order valence-corrected chi connectivity index (χ1v) is 12.4. The second-order valence-corrected chi connectivity index (χ2v) is 10.8. The molecule has 0 aromatic rings. The van der Waals surface area contributed by atoms with Gasteiger partial charge in [-0.15, -0.1) is 0 Å². The molecule has 0 bridgehead atoms. The minimum absolute atomic E-state index is 0.0447. The molecule has 2 fully saturated rings. The van der Waals surface area contributed by atoms with Gasteiger partial charge < -0.3 is 23.7 Å². The number of carbonyl (C=O) groups excluding carboxylic acids is 3. The third kappa shape index (κ3) is 6.00. The normalized spacial score (nSPS) is 36.0. The van der Waals surface area contributed by atoms with Gasteiger partial charge in [0.15, 0.2) is 24.6 Å². The lowest BCUT2D eigenvalue weighted by atomic mass is 9.60. The first kappa shape index (κ1) is 26.7. The highest BCUT2D eigenvalue weighted by molar-refractivity contribution is 5.68. The minimum Gasteiger partial charge on any atom is -0.456 e. The maximum absolute atomic E-state index is 11.9. The fraction of sp³-hybridized carbons (Fsp3) is 0.808. The highest BCUT2D eigenvalue weighted by Crippen LogP contribution is 2.52. The van der Waals surface area contributed by atoms with Crippen LogP contribution in [0.3, 0.4) is 0 Å². The Morgan fingerprint density at radius 3 is 2.21 bits per heavy atom. The van der Waals surface area contributed by atoms with Gasteiger partial charge in [-0.25, -0.2) is 0 Å². The van der Waals surface area contributed by atoms with Crippen LogP contribution in [0.4, 0.5) is 0 Å². The van der Waals surface area contributed by atoms with Gasteiger partial charge in [-0.2, -0.15) is 0 Å². The molecule has 2 aliphatic carbocycles. The van der Waals surface area contributed by atoms with E-state index in [0.29, 0.717) is 5.92 Å². The average Bonchev–Trinajstić information content (AvgIpc) is 2.70. The van der Waals surface area contributed by atoms with E-state index in [0.717, 1.165) is 12.8 Å². The first-order chi connectivity index (χ1) is 15.8. The molecule has 0 amide bonds. The lowest BCUT2D eigenvalue weighted by Gasteiger charge is -2.49. The molecule has 1 saturated carbocycles. The highest BCUT2D eigenvalue weighted by Gasteiger charge is 2.50. The van der Waals surface area contributed by atoms with Gasteiger partial charge in [-0.1, -0.05) is 31.9 Å². The molecule has 0 spiro atoms. The molecule has 7 unspecified atom stereocenters. The Bertz CT molecular complexity index is 818. The van der Waals surface area contributed by atoms with E-state index in [9.17, 15) is 14.4 Å². The first-order valence-electron chi connectivity index (χ1n) is 12.4. The number of carbonyl (C=O) groups is 3. The molecule has 1 saturated heterocycles. The van der Waals surface area contributed by atoms with Gasteiger partial charge in [0.05, 0.1) is 12.2 Å². The van der Waals surface area contributed by atoms with Crippen molar-refractivity contribution in [1.29, 1.82) is 0 Å². The molecule has 0 aromatic heterocycles. The number of ether oxygens (including phenoxy) is 5. The number of rotatable bonds is 6. The van der Waals surface area contributed by atoms with E-state index < -0.39 is 48.1 Å². The van der Waals surface area contributed by atoms with Crippen molar-refractivity contribution >= 4 is 17.9 Å². The van der Waals surface area contributed by atoms with Crippen molar-refractivity contribution in [2.24, 2.45) is 17.3 Å². The van der Waals surface area contributed by atoms with Gasteiger partial charge in [0.1, 0.15) is 0 Å². The summed E-state index contributed by atoms with van der Waals surface area (Å²) in [5.74, 6) is -1.01. The van der Waals surface area contributed by atoms with Crippen molar-refractivity contribution in [3.8, 4) is 0 Å². The number of allylic oxidation sites excluding steroid dienone is 1. The largest absolute Gasteiger partial charge is 0.456 e. The van der Waals surface area contributed by atoms with Crippen LogP contribution in [0.1, 0.15) is 80.6 Å². The molecule has 192 valence electrons. The fourth-order valence-electron chi connectivity index (χ4n) is 5.85. The smallest absolute Gasteiger partial charge is 0.303 e. The summed E-state index contributed by atoms with van der Waals surface area (Å²) in [7, 11) is 0. The van der Waals surface area contributed by atoms with Gasteiger partial charge in [-0.3, -0.25) is 14.4 Å². The van der Waals surface area contributed by atoms with Gasteiger partial charge >= 0.3 is 17.9 Å². The molecule has 8 nitrogen and oxygen atoms in total. The Morgan fingerprint density at radius 2 is 1.59 bits per heavy atom. The molecule has 3 rings (SSSR count). The summed E-state index contributed by atoms with van der Waals surface area (Å²) in [5, 5.41) is 0. The summed E-state index contributed by atoms with van der Waals surface area (Å²) in [4.78, 5) is 35.3. The van der Waals surface area contributed by atoms with Crippen LogP contribution in [0.2, 0.25) is 0 Å². The lowest BCUT2D eigenvalue weighted by Crippen LogP contribution is -2.60. The molecule has 8 heteroatoms. The van der Waals surface area contributed by atoms with Crippen LogP contribution in [0.25, 0.3) is 0 Å². The van der Waals surface area contributed by atoms with Gasteiger partial charge in [-0.05, 0) is 50.9 Å². The lowest BCUT2D eigenvalue weighted by molar-refractivity contribution is -0.307. The maximum atomic E-state index is 11.9. The zero-order valence-corrected chi connectivity index (χ0v) is 21.6. The van der Waals surface area contributed by atoms with Gasteiger partial charge in [0.25, 0.3) is 0 Å². The summed E-state index contributed by atoms with van der Waals surface area (Å²) in [6.45, 7) is 12.4. The van der Waals surface area contributed by atoms with Gasteiger partial charge in [0.2, 0.25) is 0 Å². The van der Waals surface area contributed by atoms with Crippen LogP contribution in [0, 0.1) is 17.3 Å². The molecule has 0 radical (unpaired) electrons. The van der Waals surface area contributed by atoms with E-state index in [4.69, 9.17) is 23.7 Å². The molecule has 1 aliphatic heterocycles. The van der Waals surface area contributed by atoms with E-state index >= 15 is 0 Å². The van der Waals surface area contributed by atoms with Crippen molar-refractivity contribution in [1.82, 2.24) is 0 Å². The fourth-order valence-corrected chi connectivity index (χ4v) is 5.85. The molecule has 7 atom stereocenters. The summed E-state index contributed by atoms with van der Waals surface area (Å²) in [6.07, 6.45) is 4.16. The number of esters is 3. The van der Waals surface area contributed by atoms with E-state index in [1.165, 1.54) is 45.6 Å². The molecular formula is C26H40O8. The Balaban J connectivity index is 1.84. The van der Waals surface area contributed by atoms with Crippen molar-refractivity contribution < 1.29 is 38.1 Å². The van der Waals surface area contributed by atoms with E-state index in [1.807, 2.05) is 13.8 Å². The van der Waals surface area contributed by atoms with Crippen molar-refractivity contribution in [2.45, 2.75) is 111 Å². The summed E-state index contributed by atoms with van der Waals surface area (Å²) in [6, 6.07) is 0. The van der Waals surface area contributed by atoms with Crippen LogP contribution in [0.15, 0.2) is 11.6 Å². The zero-order chi connectivity index (χ0) is 25.3. The highest BCUT2D eigenvalue weighted by atomic mass is 16.7. The summed E-state index contributed by atoms with van der Waals surface area (Å²) >= 11 is 0. The monoisotopic (exact) mass is 480 g/mol. The second-order valence-electron chi connectivity index (χ2n) is 10.8.